The second-order valence-corrected chi connectivity index (χ2v) is 4.94. The van der Waals surface area contributed by atoms with Crippen molar-refractivity contribution in [3.05, 3.63) is 29.3 Å². The molecule has 0 saturated carbocycles. The Hall–Kier alpha value is -2.04. The minimum atomic E-state index is -0.938. The highest BCUT2D eigenvalue weighted by molar-refractivity contribution is 5.94. The molecule has 0 atom stereocenters. The van der Waals surface area contributed by atoms with Crippen LogP contribution in [0.4, 0.5) is 0 Å². The van der Waals surface area contributed by atoms with Gasteiger partial charge in [0.15, 0.2) is 5.92 Å². The molecular formula is C17H24O5. The van der Waals surface area contributed by atoms with E-state index in [1.165, 1.54) is 5.56 Å². The normalized spacial score (nSPS) is 10.4. The van der Waals surface area contributed by atoms with E-state index in [0.29, 0.717) is 0 Å². The molecule has 0 saturated heterocycles. The average molecular weight is 308 g/mol. The summed E-state index contributed by atoms with van der Waals surface area (Å²) in [6.45, 7) is 8.13. The van der Waals surface area contributed by atoms with Crippen LogP contribution in [-0.2, 0) is 19.1 Å². The Morgan fingerprint density at radius 2 is 1.59 bits per heavy atom. The predicted molar refractivity (Wildman–Crippen MR) is 82.8 cm³/mol. The zero-order valence-corrected chi connectivity index (χ0v) is 13.7. The average Bonchev–Trinajstić information content (AvgIpc) is 2.47. The lowest BCUT2D eigenvalue weighted by Crippen LogP contribution is -2.29. The Morgan fingerprint density at radius 3 is 2.09 bits per heavy atom. The van der Waals surface area contributed by atoms with Gasteiger partial charge in [0.25, 0.3) is 0 Å². The lowest BCUT2D eigenvalue weighted by Gasteiger charge is -2.15. The quantitative estimate of drug-likeness (QED) is 0.546. The molecule has 0 aromatic heterocycles. The second-order valence-electron chi connectivity index (χ2n) is 4.94. The van der Waals surface area contributed by atoms with Gasteiger partial charge in [-0.05, 0) is 51.0 Å². The zero-order chi connectivity index (χ0) is 16.5. The van der Waals surface area contributed by atoms with E-state index in [9.17, 15) is 9.59 Å². The van der Waals surface area contributed by atoms with E-state index in [1.807, 2.05) is 32.0 Å². The number of ether oxygens (including phenoxy) is 3. The maximum atomic E-state index is 11.8. The molecule has 0 unspecified atom stereocenters. The number of esters is 2. The number of hydrogen-bond acceptors (Lipinski definition) is 5. The number of rotatable bonds is 8. The number of aryl methyl sites for hydroxylation is 2. The van der Waals surface area contributed by atoms with Crippen LogP contribution in [0, 0.1) is 19.8 Å². The van der Waals surface area contributed by atoms with Crippen molar-refractivity contribution < 1.29 is 23.8 Å². The molecule has 0 heterocycles. The summed E-state index contributed by atoms with van der Waals surface area (Å²) in [5.41, 5.74) is 2.31. The predicted octanol–water partition coefficient (Wildman–Crippen LogP) is 2.81. The molecule has 1 aromatic rings. The molecule has 0 N–H and O–H groups in total. The monoisotopic (exact) mass is 308 g/mol. The van der Waals surface area contributed by atoms with Gasteiger partial charge < -0.3 is 14.2 Å². The fourth-order valence-corrected chi connectivity index (χ4v) is 1.92. The minimum absolute atomic E-state index is 0.227. The lowest BCUT2D eigenvalue weighted by molar-refractivity contribution is -0.162. The Balaban J connectivity index is 2.60. The summed E-state index contributed by atoms with van der Waals surface area (Å²) in [5.74, 6) is -1.35. The van der Waals surface area contributed by atoms with Crippen molar-refractivity contribution in [2.24, 2.45) is 5.92 Å². The van der Waals surface area contributed by atoms with Gasteiger partial charge in [-0.1, -0.05) is 6.07 Å². The number of carbonyl (C=O) groups excluding carboxylic acids is 2. The Labute approximate surface area is 131 Å². The first-order valence-electron chi connectivity index (χ1n) is 7.52. The van der Waals surface area contributed by atoms with Crippen LogP contribution in [0.2, 0.25) is 0 Å². The Bertz CT molecular complexity index is 492. The highest BCUT2D eigenvalue weighted by Crippen LogP contribution is 2.17. The summed E-state index contributed by atoms with van der Waals surface area (Å²) in [4.78, 5) is 23.6. The molecule has 0 aliphatic rings. The molecular weight excluding hydrogens is 284 g/mol. The summed E-state index contributed by atoms with van der Waals surface area (Å²) in [6.07, 6.45) is 0.227. The molecule has 0 bridgehead atoms. The van der Waals surface area contributed by atoms with Crippen LogP contribution in [0.3, 0.4) is 0 Å². The van der Waals surface area contributed by atoms with Gasteiger partial charge in [-0.25, -0.2) is 0 Å². The molecule has 1 rings (SSSR count). The van der Waals surface area contributed by atoms with Crippen LogP contribution in [-0.4, -0.2) is 31.8 Å². The van der Waals surface area contributed by atoms with Crippen molar-refractivity contribution in [1.82, 2.24) is 0 Å². The summed E-state index contributed by atoms with van der Waals surface area (Å²) in [5, 5.41) is 0. The third-order valence-electron chi connectivity index (χ3n) is 3.30. The van der Waals surface area contributed by atoms with Crippen molar-refractivity contribution in [3.8, 4) is 5.75 Å². The van der Waals surface area contributed by atoms with Crippen molar-refractivity contribution in [3.63, 3.8) is 0 Å². The third-order valence-corrected chi connectivity index (χ3v) is 3.30. The van der Waals surface area contributed by atoms with Crippen molar-refractivity contribution in [2.75, 3.05) is 19.8 Å². The first-order valence-corrected chi connectivity index (χ1v) is 7.52. The maximum absolute atomic E-state index is 11.8. The molecule has 0 spiro atoms. The standard InChI is InChI=1S/C17H24O5/c1-5-20-16(18)15(17(19)21-6-2)9-10-22-14-8-7-12(3)13(4)11-14/h7-8,11,15H,5-6,9-10H2,1-4H3. The van der Waals surface area contributed by atoms with Crippen LogP contribution in [0.5, 0.6) is 5.75 Å². The molecule has 22 heavy (non-hydrogen) atoms. The fourth-order valence-electron chi connectivity index (χ4n) is 1.92. The van der Waals surface area contributed by atoms with E-state index in [-0.39, 0.29) is 26.2 Å². The van der Waals surface area contributed by atoms with E-state index in [0.717, 1.165) is 11.3 Å². The molecule has 5 heteroatoms. The molecule has 0 aliphatic carbocycles. The molecule has 0 aliphatic heterocycles. The van der Waals surface area contributed by atoms with Crippen LogP contribution < -0.4 is 4.74 Å². The van der Waals surface area contributed by atoms with E-state index < -0.39 is 17.9 Å². The van der Waals surface area contributed by atoms with Gasteiger partial charge in [0.2, 0.25) is 0 Å². The van der Waals surface area contributed by atoms with Crippen molar-refractivity contribution >= 4 is 11.9 Å². The maximum Gasteiger partial charge on any atom is 0.320 e. The van der Waals surface area contributed by atoms with Crippen LogP contribution in [0.1, 0.15) is 31.4 Å². The van der Waals surface area contributed by atoms with Crippen LogP contribution >= 0.6 is 0 Å². The van der Waals surface area contributed by atoms with Crippen molar-refractivity contribution in [1.29, 1.82) is 0 Å². The lowest BCUT2D eigenvalue weighted by atomic mass is 10.1. The van der Waals surface area contributed by atoms with Crippen molar-refractivity contribution in [2.45, 2.75) is 34.1 Å². The van der Waals surface area contributed by atoms with E-state index in [2.05, 4.69) is 0 Å². The largest absolute Gasteiger partial charge is 0.494 e. The molecule has 0 radical (unpaired) electrons. The smallest absolute Gasteiger partial charge is 0.320 e. The number of hydrogen-bond donors (Lipinski definition) is 0. The van der Waals surface area contributed by atoms with Crippen LogP contribution in [0.25, 0.3) is 0 Å². The fraction of sp³-hybridized carbons (Fsp3) is 0.529. The molecule has 0 fully saturated rings. The summed E-state index contributed by atoms with van der Waals surface area (Å²) in [6, 6.07) is 5.77. The summed E-state index contributed by atoms with van der Waals surface area (Å²) in [7, 11) is 0. The van der Waals surface area contributed by atoms with Gasteiger partial charge in [0.05, 0.1) is 19.8 Å². The zero-order valence-electron chi connectivity index (χ0n) is 13.7. The van der Waals surface area contributed by atoms with Gasteiger partial charge in [-0.3, -0.25) is 9.59 Å². The second kappa shape index (κ2) is 9.07. The highest BCUT2D eigenvalue weighted by Gasteiger charge is 2.29. The topological polar surface area (TPSA) is 61.8 Å². The first kappa shape index (κ1) is 18.0. The van der Waals surface area contributed by atoms with Gasteiger partial charge in [-0.2, -0.15) is 0 Å². The van der Waals surface area contributed by atoms with Gasteiger partial charge in [0, 0.05) is 6.42 Å². The van der Waals surface area contributed by atoms with Gasteiger partial charge >= 0.3 is 11.9 Å². The minimum Gasteiger partial charge on any atom is -0.494 e. The number of benzene rings is 1. The van der Waals surface area contributed by atoms with E-state index >= 15 is 0 Å². The van der Waals surface area contributed by atoms with E-state index in [4.69, 9.17) is 14.2 Å². The molecule has 1 aromatic carbocycles. The third kappa shape index (κ3) is 5.39. The Morgan fingerprint density at radius 1 is 1.00 bits per heavy atom. The molecule has 0 amide bonds. The SMILES string of the molecule is CCOC(=O)C(CCOc1ccc(C)c(C)c1)C(=O)OCC. The summed E-state index contributed by atoms with van der Waals surface area (Å²) < 4.78 is 15.4. The van der Waals surface area contributed by atoms with E-state index in [1.54, 1.807) is 13.8 Å². The first-order chi connectivity index (χ1) is 10.5. The van der Waals surface area contributed by atoms with Gasteiger partial charge in [0.1, 0.15) is 5.75 Å². The highest BCUT2D eigenvalue weighted by atomic mass is 16.6. The Kier molecular flexibility index (Phi) is 7.43. The molecule has 5 nitrogen and oxygen atoms in total. The summed E-state index contributed by atoms with van der Waals surface area (Å²) >= 11 is 0. The molecule has 122 valence electrons. The van der Waals surface area contributed by atoms with Gasteiger partial charge in [-0.15, -0.1) is 0 Å². The van der Waals surface area contributed by atoms with Crippen LogP contribution in [0.15, 0.2) is 18.2 Å². The number of carbonyl (C=O) groups is 2.